The molecule has 0 bridgehead atoms. The van der Waals surface area contributed by atoms with Gasteiger partial charge in [0.05, 0.1) is 11.6 Å². The minimum atomic E-state index is -4.54. The highest BCUT2D eigenvalue weighted by molar-refractivity contribution is 6.37. The molecule has 0 fully saturated rings. The molecule has 0 spiro atoms. The van der Waals surface area contributed by atoms with Crippen molar-refractivity contribution in [2.45, 2.75) is 12.3 Å². The van der Waals surface area contributed by atoms with Gasteiger partial charge in [0.1, 0.15) is 23.0 Å². The van der Waals surface area contributed by atoms with Crippen molar-refractivity contribution in [3.05, 3.63) is 52.0 Å². The molecule has 1 aromatic heterocycles. The predicted molar refractivity (Wildman–Crippen MR) is 102 cm³/mol. The van der Waals surface area contributed by atoms with Crippen molar-refractivity contribution in [1.82, 2.24) is 10.1 Å². The number of halogens is 5. The summed E-state index contributed by atoms with van der Waals surface area (Å²) in [6, 6.07) is 4.78. The molecule has 7 nitrogen and oxygen atoms in total. The van der Waals surface area contributed by atoms with Gasteiger partial charge in [0.2, 0.25) is 12.0 Å². The van der Waals surface area contributed by atoms with E-state index < -0.39 is 17.9 Å². The highest BCUT2D eigenvalue weighted by atomic mass is 35.5. The summed E-state index contributed by atoms with van der Waals surface area (Å²) < 4.78 is 50.7. The SMILES string of the molecule is OCCOc1ccc(-c2noc(C3=NC4C(Cl)=CC(C(F)(F)F)=C[N+]4=C3)n2)c(Cl)c1. The molecule has 0 radical (unpaired) electrons. The van der Waals surface area contributed by atoms with Crippen LogP contribution in [-0.4, -0.2) is 57.3 Å². The number of ether oxygens (including phenoxy) is 1. The van der Waals surface area contributed by atoms with E-state index in [2.05, 4.69) is 15.1 Å². The number of allylic oxidation sites excluding steroid dienone is 2. The van der Waals surface area contributed by atoms with Crippen LogP contribution in [0.2, 0.25) is 5.02 Å². The Morgan fingerprint density at radius 1 is 1.27 bits per heavy atom. The molecule has 1 atom stereocenters. The van der Waals surface area contributed by atoms with Crippen molar-refractivity contribution < 1.29 is 32.1 Å². The van der Waals surface area contributed by atoms with Crippen molar-refractivity contribution in [3.63, 3.8) is 0 Å². The molecule has 0 amide bonds. The number of nitrogens with zero attached hydrogens (tertiary/aromatic N) is 4. The van der Waals surface area contributed by atoms with E-state index in [0.29, 0.717) is 11.3 Å². The summed E-state index contributed by atoms with van der Waals surface area (Å²) in [6.07, 6.45) is -2.27. The molecule has 4 rings (SSSR count). The number of rotatable bonds is 5. The number of fused-ring (bicyclic) bond motifs is 1. The fraction of sp³-hybridized carbons (Fsp3) is 0.222. The Kier molecular flexibility index (Phi) is 5.39. The molecule has 30 heavy (non-hydrogen) atoms. The molecule has 2 aliphatic heterocycles. The second-order valence-corrected chi connectivity index (χ2v) is 7.06. The number of aliphatic hydroxyl groups is 1. The quantitative estimate of drug-likeness (QED) is 0.691. The second-order valence-electron chi connectivity index (χ2n) is 6.21. The van der Waals surface area contributed by atoms with Crippen LogP contribution in [0.5, 0.6) is 5.75 Å². The van der Waals surface area contributed by atoms with Crippen molar-refractivity contribution in [2.75, 3.05) is 13.2 Å². The number of aliphatic hydroxyl groups excluding tert-OH is 1. The molecule has 1 N–H and O–H groups in total. The number of benzene rings is 1. The number of alkyl halides is 3. The van der Waals surface area contributed by atoms with Gasteiger partial charge in [0, 0.05) is 5.56 Å². The first kappa shape index (κ1) is 20.6. The first-order valence-corrected chi connectivity index (χ1v) is 9.26. The molecule has 1 aromatic carbocycles. The van der Waals surface area contributed by atoms with Crippen molar-refractivity contribution in [2.24, 2.45) is 4.99 Å². The molecule has 2 aliphatic rings. The fourth-order valence-corrected chi connectivity index (χ4v) is 3.34. The summed E-state index contributed by atoms with van der Waals surface area (Å²) >= 11 is 12.2. The standard InChI is InChI=1S/C18H12Cl2F3N4O3/c19-12-6-10(29-4-3-28)1-2-11(12)15-25-17(30-26-15)14-8-27-7-9(18(21,22)23)5-13(20)16(27)24-14/h1-2,5-8,16,28H,3-4H2/q+1. The monoisotopic (exact) mass is 459 g/mol. The topological polar surface area (TPSA) is 83.8 Å². The number of hydrogen-bond donors (Lipinski definition) is 1. The Hall–Kier alpha value is -2.69. The lowest BCUT2D eigenvalue weighted by molar-refractivity contribution is -0.479. The molecule has 156 valence electrons. The van der Waals surface area contributed by atoms with Crippen LogP contribution in [0.3, 0.4) is 0 Å². The summed E-state index contributed by atoms with van der Waals surface area (Å²) in [5.41, 5.74) is -0.251. The Labute approximate surface area is 177 Å². The lowest BCUT2D eigenvalue weighted by atomic mass is 10.2. The van der Waals surface area contributed by atoms with Crippen LogP contribution >= 0.6 is 23.2 Å². The zero-order valence-electron chi connectivity index (χ0n) is 14.9. The molecule has 0 saturated heterocycles. The van der Waals surface area contributed by atoms with Crippen LogP contribution in [0.1, 0.15) is 5.89 Å². The maximum Gasteiger partial charge on any atom is 0.422 e. The van der Waals surface area contributed by atoms with E-state index in [-0.39, 0.29) is 40.7 Å². The van der Waals surface area contributed by atoms with Crippen LogP contribution < -0.4 is 4.74 Å². The lowest BCUT2D eigenvalue weighted by Crippen LogP contribution is -2.25. The van der Waals surface area contributed by atoms with Gasteiger partial charge < -0.3 is 14.4 Å². The number of aromatic nitrogens is 2. The minimum Gasteiger partial charge on any atom is -0.491 e. The Morgan fingerprint density at radius 3 is 2.77 bits per heavy atom. The molecule has 3 heterocycles. The van der Waals surface area contributed by atoms with E-state index in [4.69, 9.17) is 37.6 Å². The Balaban J connectivity index is 1.60. The third-order valence-electron chi connectivity index (χ3n) is 4.16. The van der Waals surface area contributed by atoms with Gasteiger partial charge in [0.25, 0.3) is 12.1 Å². The van der Waals surface area contributed by atoms with Crippen LogP contribution in [0.15, 0.2) is 50.6 Å². The van der Waals surface area contributed by atoms with Gasteiger partial charge in [0.15, 0.2) is 11.9 Å². The average molecular weight is 460 g/mol. The van der Waals surface area contributed by atoms with E-state index >= 15 is 0 Å². The summed E-state index contributed by atoms with van der Waals surface area (Å²) in [6.45, 7) is -0.0140. The summed E-state index contributed by atoms with van der Waals surface area (Å²) in [5.74, 6) is 0.626. The molecular formula is C18H12Cl2F3N4O3+. The summed E-state index contributed by atoms with van der Waals surface area (Å²) in [5, 5.41) is 12.9. The Bertz CT molecular complexity index is 1120. The third kappa shape index (κ3) is 3.98. The minimum absolute atomic E-state index is 0.00231. The predicted octanol–water partition coefficient (Wildman–Crippen LogP) is 3.56. The molecule has 12 heteroatoms. The maximum absolute atomic E-state index is 13.0. The highest BCUT2D eigenvalue weighted by Gasteiger charge is 2.42. The molecule has 2 aromatic rings. The zero-order valence-corrected chi connectivity index (χ0v) is 16.4. The van der Waals surface area contributed by atoms with E-state index in [1.54, 1.807) is 12.1 Å². The van der Waals surface area contributed by atoms with Crippen molar-refractivity contribution >= 4 is 35.1 Å². The van der Waals surface area contributed by atoms with E-state index in [9.17, 15) is 13.2 Å². The third-order valence-corrected chi connectivity index (χ3v) is 4.77. The van der Waals surface area contributed by atoms with Crippen LogP contribution in [0, 0.1) is 0 Å². The van der Waals surface area contributed by atoms with Gasteiger partial charge in [-0.2, -0.15) is 27.7 Å². The number of aliphatic imine (C=N–C) groups is 1. The van der Waals surface area contributed by atoms with Gasteiger partial charge in [-0.15, -0.1) is 0 Å². The van der Waals surface area contributed by atoms with Gasteiger partial charge in [-0.3, -0.25) is 0 Å². The maximum atomic E-state index is 13.0. The normalized spacial score (nSPS) is 18.4. The Morgan fingerprint density at radius 2 is 2.07 bits per heavy atom. The van der Waals surface area contributed by atoms with E-state index in [1.165, 1.54) is 16.9 Å². The van der Waals surface area contributed by atoms with Gasteiger partial charge >= 0.3 is 6.18 Å². The van der Waals surface area contributed by atoms with E-state index in [1.807, 2.05) is 0 Å². The van der Waals surface area contributed by atoms with Gasteiger partial charge in [-0.1, -0.05) is 28.4 Å². The van der Waals surface area contributed by atoms with Crippen LogP contribution in [-0.2, 0) is 0 Å². The van der Waals surface area contributed by atoms with E-state index in [0.717, 1.165) is 12.3 Å². The highest BCUT2D eigenvalue weighted by Crippen LogP contribution is 2.34. The smallest absolute Gasteiger partial charge is 0.422 e. The molecule has 0 saturated carbocycles. The summed E-state index contributed by atoms with van der Waals surface area (Å²) in [4.78, 5) is 8.49. The second kappa shape index (κ2) is 7.86. The molecule has 1 unspecified atom stereocenters. The van der Waals surface area contributed by atoms with Crippen molar-refractivity contribution in [3.8, 4) is 17.1 Å². The lowest BCUT2D eigenvalue weighted by Gasteiger charge is -2.13. The molecule has 0 aliphatic carbocycles. The number of hydrogen-bond acceptors (Lipinski definition) is 6. The van der Waals surface area contributed by atoms with Crippen molar-refractivity contribution in [1.29, 1.82) is 0 Å². The average Bonchev–Trinajstić information content (AvgIpc) is 3.33. The fourth-order valence-electron chi connectivity index (χ4n) is 2.81. The summed E-state index contributed by atoms with van der Waals surface area (Å²) in [7, 11) is 0. The largest absolute Gasteiger partial charge is 0.491 e. The van der Waals surface area contributed by atoms with Gasteiger partial charge in [-0.05, 0) is 24.3 Å². The molecular weight excluding hydrogens is 448 g/mol. The van der Waals surface area contributed by atoms with Gasteiger partial charge in [-0.25, -0.2) is 0 Å². The first-order valence-electron chi connectivity index (χ1n) is 8.50. The first-order chi connectivity index (χ1) is 14.3. The van der Waals surface area contributed by atoms with Crippen LogP contribution in [0.4, 0.5) is 13.2 Å². The zero-order chi connectivity index (χ0) is 21.5. The van der Waals surface area contributed by atoms with Crippen LogP contribution in [0.25, 0.3) is 11.4 Å².